The first-order valence-corrected chi connectivity index (χ1v) is 2.94. The molecule has 0 saturated carbocycles. The summed E-state index contributed by atoms with van der Waals surface area (Å²) < 4.78 is 0. The van der Waals surface area contributed by atoms with E-state index in [0.717, 1.165) is 0 Å². The summed E-state index contributed by atoms with van der Waals surface area (Å²) in [6.45, 7) is 1.35. The highest BCUT2D eigenvalue weighted by molar-refractivity contribution is 5.74. The van der Waals surface area contributed by atoms with E-state index in [0.29, 0.717) is 6.29 Å². The van der Waals surface area contributed by atoms with Crippen LogP contribution in [-0.2, 0) is 9.59 Å². The second-order valence-electron chi connectivity index (χ2n) is 2.09. The largest absolute Gasteiger partial charge is 0.481 e. The molecule has 10 heavy (non-hydrogen) atoms. The van der Waals surface area contributed by atoms with Gasteiger partial charge >= 0.3 is 5.97 Å². The van der Waals surface area contributed by atoms with Crippen LogP contribution in [0.3, 0.4) is 0 Å². The summed E-state index contributed by atoms with van der Waals surface area (Å²) in [6, 6.07) is 0. The molecule has 58 valence electrons. The summed E-state index contributed by atoms with van der Waals surface area (Å²) in [5.74, 6) is -2.10. The molecule has 0 aliphatic carbocycles. The molecule has 0 spiro atoms. The van der Waals surface area contributed by atoms with E-state index < -0.39 is 18.0 Å². The number of carbonyl (C=O) groups excluding carboxylic acids is 1. The molecule has 2 unspecified atom stereocenters. The molecule has 0 fully saturated rings. The van der Waals surface area contributed by atoms with Gasteiger partial charge in [0.15, 0.2) is 0 Å². The lowest BCUT2D eigenvalue weighted by atomic mass is 10.0. The summed E-state index contributed by atoms with van der Waals surface area (Å²) in [5, 5.41) is 17.1. The Morgan fingerprint density at radius 3 is 2.30 bits per heavy atom. The van der Waals surface area contributed by atoms with Gasteiger partial charge in [0.25, 0.3) is 0 Å². The van der Waals surface area contributed by atoms with E-state index in [1.54, 1.807) is 0 Å². The van der Waals surface area contributed by atoms with Crippen molar-refractivity contribution in [1.29, 1.82) is 0 Å². The molecule has 0 saturated heterocycles. The van der Waals surface area contributed by atoms with E-state index in [1.807, 2.05) is 0 Å². The lowest BCUT2D eigenvalue weighted by Gasteiger charge is -2.10. The Morgan fingerprint density at radius 2 is 2.20 bits per heavy atom. The third-order valence-corrected chi connectivity index (χ3v) is 1.25. The topological polar surface area (TPSA) is 74.6 Å². The van der Waals surface area contributed by atoms with E-state index in [2.05, 4.69) is 0 Å². The summed E-state index contributed by atoms with van der Waals surface area (Å²) >= 11 is 0. The van der Waals surface area contributed by atoms with Gasteiger partial charge in [0.1, 0.15) is 6.29 Å². The molecular weight excluding hydrogens is 136 g/mol. The zero-order valence-corrected chi connectivity index (χ0v) is 5.65. The summed E-state index contributed by atoms with van der Waals surface area (Å²) in [6.07, 6.45) is -0.610. The van der Waals surface area contributed by atoms with Crippen molar-refractivity contribution in [2.24, 2.45) is 5.92 Å². The second-order valence-corrected chi connectivity index (χ2v) is 2.09. The second kappa shape index (κ2) is 4.00. The molecule has 0 bridgehead atoms. The summed E-state index contributed by atoms with van der Waals surface area (Å²) in [7, 11) is 0. The Labute approximate surface area is 58.5 Å². The Morgan fingerprint density at radius 1 is 1.70 bits per heavy atom. The minimum atomic E-state index is -1.14. The van der Waals surface area contributed by atoms with Crippen LogP contribution in [0.25, 0.3) is 0 Å². The van der Waals surface area contributed by atoms with E-state index in [9.17, 15) is 9.59 Å². The fourth-order valence-corrected chi connectivity index (χ4v) is 0.608. The zero-order valence-electron chi connectivity index (χ0n) is 5.65. The number of aldehydes is 1. The van der Waals surface area contributed by atoms with Gasteiger partial charge in [-0.05, 0) is 6.92 Å². The van der Waals surface area contributed by atoms with Crippen molar-refractivity contribution in [3.05, 3.63) is 0 Å². The minimum Gasteiger partial charge on any atom is -0.481 e. The fourth-order valence-electron chi connectivity index (χ4n) is 0.608. The van der Waals surface area contributed by atoms with Crippen LogP contribution in [0, 0.1) is 5.92 Å². The lowest BCUT2D eigenvalue weighted by Crippen LogP contribution is -2.25. The maximum atomic E-state index is 10.2. The Balaban J connectivity index is 3.97. The van der Waals surface area contributed by atoms with Crippen LogP contribution in [0.2, 0.25) is 0 Å². The molecule has 0 aliphatic heterocycles. The molecule has 4 nitrogen and oxygen atoms in total. The molecule has 0 aliphatic rings. The van der Waals surface area contributed by atoms with Gasteiger partial charge in [-0.15, -0.1) is 0 Å². The Hall–Kier alpha value is -0.900. The normalized spacial score (nSPS) is 15.8. The van der Waals surface area contributed by atoms with Gasteiger partial charge in [0.2, 0.25) is 0 Å². The molecule has 0 radical (unpaired) electrons. The molecule has 4 heteroatoms. The van der Waals surface area contributed by atoms with Gasteiger partial charge in [0, 0.05) is 6.42 Å². The van der Waals surface area contributed by atoms with Crippen LogP contribution in [-0.4, -0.2) is 28.6 Å². The molecule has 0 amide bonds. The third-order valence-electron chi connectivity index (χ3n) is 1.25. The first-order chi connectivity index (χ1) is 4.59. The van der Waals surface area contributed by atoms with Crippen molar-refractivity contribution >= 4 is 12.3 Å². The third kappa shape index (κ3) is 2.59. The highest BCUT2D eigenvalue weighted by Crippen LogP contribution is 2.06. The quantitative estimate of drug-likeness (QED) is 0.532. The van der Waals surface area contributed by atoms with Crippen LogP contribution < -0.4 is 0 Å². The molecule has 0 heterocycles. The standard InChI is InChI=1S/C6H10O4/c1-4(8)5(2-3-7)6(9)10/h3-5,8H,2H2,1H3,(H,9,10). The predicted octanol–water partition coefficient (Wildman–Crippen LogP) is -0.343. The van der Waals surface area contributed by atoms with Gasteiger partial charge in [-0.25, -0.2) is 0 Å². The maximum Gasteiger partial charge on any atom is 0.309 e. The number of carboxylic acid groups (broad SMARTS) is 1. The number of carboxylic acids is 1. The molecule has 0 aromatic rings. The lowest BCUT2D eigenvalue weighted by molar-refractivity contribution is -0.146. The van der Waals surface area contributed by atoms with Gasteiger partial charge < -0.3 is 15.0 Å². The minimum absolute atomic E-state index is 0.132. The SMILES string of the molecule is CC(O)C(CC=O)C(=O)O. The van der Waals surface area contributed by atoms with Gasteiger partial charge in [-0.3, -0.25) is 4.79 Å². The molecule has 0 aromatic heterocycles. The first-order valence-electron chi connectivity index (χ1n) is 2.94. The smallest absolute Gasteiger partial charge is 0.309 e. The maximum absolute atomic E-state index is 10.2. The number of hydrogen-bond acceptors (Lipinski definition) is 3. The van der Waals surface area contributed by atoms with Crippen LogP contribution >= 0.6 is 0 Å². The van der Waals surface area contributed by atoms with Crippen molar-refractivity contribution in [3.63, 3.8) is 0 Å². The van der Waals surface area contributed by atoms with Gasteiger partial charge in [0.05, 0.1) is 12.0 Å². The number of carbonyl (C=O) groups is 2. The van der Waals surface area contributed by atoms with Crippen molar-refractivity contribution in [1.82, 2.24) is 0 Å². The first kappa shape index (κ1) is 9.10. The number of aliphatic carboxylic acids is 1. The van der Waals surface area contributed by atoms with E-state index in [1.165, 1.54) is 6.92 Å². The highest BCUT2D eigenvalue weighted by Gasteiger charge is 2.21. The number of rotatable bonds is 4. The number of hydrogen-bond donors (Lipinski definition) is 2. The van der Waals surface area contributed by atoms with Crippen molar-refractivity contribution in [2.45, 2.75) is 19.4 Å². The van der Waals surface area contributed by atoms with Crippen LogP contribution in [0.1, 0.15) is 13.3 Å². The van der Waals surface area contributed by atoms with Gasteiger partial charge in [-0.2, -0.15) is 0 Å². The monoisotopic (exact) mass is 146 g/mol. The fraction of sp³-hybridized carbons (Fsp3) is 0.667. The average molecular weight is 146 g/mol. The van der Waals surface area contributed by atoms with E-state index in [4.69, 9.17) is 10.2 Å². The Kier molecular flexibility index (Phi) is 3.64. The van der Waals surface area contributed by atoms with E-state index in [-0.39, 0.29) is 6.42 Å². The number of aliphatic hydroxyl groups excluding tert-OH is 1. The predicted molar refractivity (Wildman–Crippen MR) is 33.5 cm³/mol. The summed E-state index contributed by atoms with van der Waals surface area (Å²) in [4.78, 5) is 20.1. The molecular formula is C6H10O4. The highest BCUT2D eigenvalue weighted by atomic mass is 16.4. The van der Waals surface area contributed by atoms with Crippen LogP contribution in [0.5, 0.6) is 0 Å². The van der Waals surface area contributed by atoms with Crippen molar-refractivity contribution in [3.8, 4) is 0 Å². The van der Waals surface area contributed by atoms with E-state index >= 15 is 0 Å². The van der Waals surface area contributed by atoms with Crippen molar-refractivity contribution in [2.75, 3.05) is 0 Å². The van der Waals surface area contributed by atoms with Crippen LogP contribution in [0.15, 0.2) is 0 Å². The Bertz CT molecular complexity index is 130. The van der Waals surface area contributed by atoms with Crippen LogP contribution in [0.4, 0.5) is 0 Å². The van der Waals surface area contributed by atoms with Gasteiger partial charge in [-0.1, -0.05) is 0 Å². The number of aliphatic hydroxyl groups is 1. The molecule has 0 aromatic carbocycles. The summed E-state index contributed by atoms with van der Waals surface area (Å²) in [5.41, 5.74) is 0. The average Bonchev–Trinajstić information content (AvgIpc) is 1.81. The molecule has 2 N–H and O–H groups in total. The van der Waals surface area contributed by atoms with Crippen molar-refractivity contribution < 1.29 is 19.8 Å². The molecule has 2 atom stereocenters. The zero-order chi connectivity index (χ0) is 8.15. The molecule has 0 rings (SSSR count).